The number of aromatic nitrogens is 5. The van der Waals surface area contributed by atoms with Crippen molar-refractivity contribution in [2.24, 2.45) is 7.05 Å². The first-order valence-corrected chi connectivity index (χ1v) is 7.86. The Kier molecular flexibility index (Phi) is 3.77. The molecule has 0 bridgehead atoms. The number of hydrogen-bond donors (Lipinski definition) is 1. The number of hydrogen-bond acceptors (Lipinski definition) is 5. The van der Waals surface area contributed by atoms with Crippen LogP contribution in [-0.4, -0.2) is 36.6 Å². The van der Waals surface area contributed by atoms with E-state index in [1.807, 2.05) is 30.3 Å². The van der Waals surface area contributed by atoms with E-state index in [1.54, 1.807) is 29.9 Å². The molecule has 26 heavy (non-hydrogen) atoms. The number of amides is 1. The molecule has 1 amide bonds. The Hall–Kier alpha value is -3.81. The molecule has 128 valence electrons. The van der Waals surface area contributed by atoms with Gasteiger partial charge in [0.1, 0.15) is 5.69 Å². The third-order valence-electron chi connectivity index (χ3n) is 3.93. The quantitative estimate of drug-likeness (QED) is 0.572. The van der Waals surface area contributed by atoms with Gasteiger partial charge in [-0.2, -0.15) is 5.10 Å². The van der Waals surface area contributed by atoms with E-state index in [2.05, 4.69) is 20.5 Å². The second kappa shape index (κ2) is 6.25. The third-order valence-corrected chi connectivity index (χ3v) is 3.93. The number of benzene rings is 1. The Morgan fingerprint density at radius 3 is 2.73 bits per heavy atom. The normalized spacial score (nSPS) is 10.8. The maximum absolute atomic E-state index is 12.5. The summed E-state index contributed by atoms with van der Waals surface area (Å²) in [4.78, 5) is 28.0. The zero-order chi connectivity index (χ0) is 18.1. The lowest BCUT2D eigenvalue weighted by Gasteiger charge is -2.06. The summed E-state index contributed by atoms with van der Waals surface area (Å²) >= 11 is 0. The molecule has 8 nitrogen and oxygen atoms in total. The summed E-state index contributed by atoms with van der Waals surface area (Å²) in [6.07, 6.45) is 3.63. The molecule has 0 aliphatic rings. The topological polar surface area (TPSA) is 94.2 Å². The fourth-order valence-corrected chi connectivity index (χ4v) is 2.68. The molecule has 1 aromatic carbocycles. The van der Waals surface area contributed by atoms with Crippen LogP contribution >= 0.6 is 0 Å². The predicted octanol–water partition coefficient (Wildman–Crippen LogP) is 2.19. The Balaban J connectivity index is 1.64. The molecule has 4 aromatic rings. The summed E-state index contributed by atoms with van der Waals surface area (Å²) in [7, 11) is 1.61. The lowest BCUT2D eigenvalue weighted by atomic mass is 10.2. The van der Waals surface area contributed by atoms with E-state index in [0.29, 0.717) is 23.4 Å². The summed E-state index contributed by atoms with van der Waals surface area (Å²) in [5, 5.41) is 11.1. The van der Waals surface area contributed by atoms with Gasteiger partial charge >= 0.3 is 0 Å². The van der Waals surface area contributed by atoms with Crippen molar-refractivity contribution < 1.29 is 9.59 Å². The van der Waals surface area contributed by atoms with Crippen molar-refractivity contribution in [1.29, 1.82) is 0 Å². The summed E-state index contributed by atoms with van der Waals surface area (Å²) < 4.78 is 2.96. The Bertz CT molecular complexity index is 1110. The number of aryl methyl sites for hydroxylation is 1. The lowest BCUT2D eigenvalue weighted by Crippen LogP contribution is -2.18. The van der Waals surface area contributed by atoms with Gasteiger partial charge in [-0.15, -0.1) is 5.10 Å². The molecule has 0 aliphatic heterocycles. The Morgan fingerprint density at radius 1 is 1.15 bits per heavy atom. The van der Waals surface area contributed by atoms with E-state index in [-0.39, 0.29) is 11.3 Å². The molecule has 3 aromatic heterocycles. The van der Waals surface area contributed by atoms with Crippen LogP contribution in [0.4, 0.5) is 5.69 Å². The molecule has 0 aliphatic carbocycles. The minimum absolute atomic E-state index is 0.198. The molecular formula is C18H14N6O2. The number of aldehydes is 1. The van der Waals surface area contributed by atoms with Gasteiger partial charge in [0, 0.05) is 12.6 Å². The van der Waals surface area contributed by atoms with E-state index in [9.17, 15) is 9.59 Å². The van der Waals surface area contributed by atoms with E-state index < -0.39 is 5.91 Å². The fourth-order valence-electron chi connectivity index (χ4n) is 2.68. The molecule has 0 unspecified atom stereocenters. The van der Waals surface area contributed by atoms with Gasteiger partial charge in [0.15, 0.2) is 17.8 Å². The van der Waals surface area contributed by atoms with Crippen LogP contribution in [0.3, 0.4) is 0 Å². The number of nitrogens with one attached hydrogen (secondary N) is 1. The number of carbonyl (C=O) groups excluding carboxylic acids is 2. The molecule has 1 N–H and O–H groups in total. The van der Waals surface area contributed by atoms with Crippen LogP contribution in [-0.2, 0) is 7.05 Å². The van der Waals surface area contributed by atoms with Gasteiger partial charge in [0.2, 0.25) is 0 Å². The zero-order valence-corrected chi connectivity index (χ0v) is 13.8. The number of carbonyl (C=O) groups is 2. The van der Waals surface area contributed by atoms with Crippen molar-refractivity contribution in [2.45, 2.75) is 0 Å². The Morgan fingerprint density at radius 2 is 1.96 bits per heavy atom. The Labute approximate surface area is 148 Å². The third kappa shape index (κ3) is 2.73. The first-order chi connectivity index (χ1) is 12.7. The minimum Gasteiger partial charge on any atom is -0.319 e. The average molecular weight is 346 g/mol. The van der Waals surface area contributed by atoms with Crippen LogP contribution in [0, 0.1) is 0 Å². The maximum atomic E-state index is 12.5. The van der Waals surface area contributed by atoms with Gasteiger partial charge in [0.25, 0.3) is 5.91 Å². The van der Waals surface area contributed by atoms with Crippen LogP contribution in [0.1, 0.15) is 20.8 Å². The molecule has 0 saturated carbocycles. The van der Waals surface area contributed by atoms with E-state index in [4.69, 9.17) is 0 Å². The van der Waals surface area contributed by atoms with Crippen LogP contribution in [0.2, 0.25) is 0 Å². The van der Waals surface area contributed by atoms with Crippen LogP contribution in [0.5, 0.6) is 0 Å². The van der Waals surface area contributed by atoms with E-state index in [1.165, 1.54) is 10.9 Å². The number of pyridine rings is 1. The SMILES string of the molecule is Cn1ncc(C=O)c1C(=O)Nc1ccc2nc(-c3ccccc3)nn2c1. The second-order valence-corrected chi connectivity index (χ2v) is 5.67. The molecule has 8 heteroatoms. The molecule has 0 radical (unpaired) electrons. The van der Waals surface area contributed by atoms with E-state index in [0.717, 1.165) is 5.56 Å². The molecular weight excluding hydrogens is 332 g/mol. The minimum atomic E-state index is -0.421. The number of fused-ring (bicyclic) bond motifs is 1. The molecule has 3 heterocycles. The van der Waals surface area contributed by atoms with Crippen molar-refractivity contribution in [2.75, 3.05) is 5.32 Å². The van der Waals surface area contributed by atoms with Crippen LogP contribution in [0.25, 0.3) is 17.0 Å². The highest BCUT2D eigenvalue weighted by molar-refractivity contribution is 6.07. The van der Waals surface area contributed by atoms with Crippen molar-refractivity contribution in [3.63, 3.8) is 0 Å². The summed E-state index contributed by atoms with van der Waals surface area (Å²) in [5.74, 6) is 0.179. The lowest BCUT2D eigenvalue weighted by molar-refractivity contribution is 0.101. The highest BCUT2D eigenvalue weighted by atomic mass is 16.2. The van der Waals surface area contributed by atoms with Gasteiger partial charge in [-0.3, -0.25) is 14.3 Å². The molecule has 0 fully saturated rings. The van der Waals surface area contributed by atoms with Crippen molar-refractivity contribution in [3.05, 3.63) is 66.1 Å². The monoisotopic (exact) mass is 346 g/mol. The van der Waals surface area contributed by atoms with Crippen LogP contribution < -0.4 is 5.32 Å². The summed E-state index contributed by atoms with van der Waals surface area (Å²) in [6.45, 7) is 0. The molecule has 0 spiro atoms. The average Bonchev–Trinajstić information content (AvgIpc) is 3.25. The van der Waals surface area contributed by atoms with Gasteiger partial charge in [-0.1, -0.05) is 30.3 Å². The van der Waals surface area contributed by atoms with Crippen molar-refractivity contribution in [1.82, 2.24) is 24.4 Å². The standard InChI is InChI=1S/C18H14N6O2/c1-23-16(13(11-25)9-19-23)18(26)20-14-7-8-15-21-17(22-24(15)10-14)12-5-3-2-4-6-12/h2-11H,1H3,(H,20,26). The second-order valence-electron chi connectivity index (χ2n) is 5.67. The largest absolute Gasteiger partial charge is 0.319 e. The molecule has 0 atom stereocenters. The highest BCUT2D eigenvalue weighted by Crippen LogP contribution is 2.18. The fraction of sp³-hybridized carbons (Fsp3) is 0.0556. The summed E-state index contributed by atoms with van der Waals surface area (Å²) in [5.41, 5.74) is 2.54. The van der Waals surface area contributed by atoms with Gasteiger partial charge < -0.3 is 5.32 Å². The number of anilines is 1. The molecule has 0 saturated heterocycles. The smallest absolute Gasteiger partial charge is 0.274 e. The highest BCUT2D eigenvalue weighted by Gasteiger charge is 2.17. The molecule has 4 rings (SSSR count). The summed E-state index contributed by atoms with van der Waals surface area (Å²) in [6, 6.07) is 13.1. The van der Waals surface area contributed by atoms with Gasteiger partial charge in [-0.05, 0) is 12.1 Å². The van der Waals surface area contributed by atoms with E-state index >= 15 is 0 Å². The van der Waals surface area contributed by atoms with Crippen LogP contribution in [0.15, 0.2) is 54.9 Å². The van der Waals surface area contributed by atoms with Crippen molar-refractivity contribution >= 4 is 23.5 Å². The first-order valence-electron chi connectivity index (χ1n) is 7.86. The number of nitrogens with zero attached hydrogens (tertiary/aromatic N) is 5. The maximum Gasteiger partial charge on any atom is 0.274 e. The van der Waals surface area contributed by atoms with Gasteiger partial charge in [0.05, 0.1) is 23.6 Å². The first kappa shape index (κ1) is 15.7. The van der Waals surface area contributed by atoms with Gasteiger partial charge in [-0.25, -0.2) is 9.50 Å². The number of rotatable bonds is 4. The predicted molar refractivity (Wildman–Crippen MR) is 95.0 cm³/mol. The van der Waals surface area contributed by atoms with Crippen molar-refractivity contribution in [3.8, 4) is 11.4 Å². The zero-order valence-electron chi connectivity index (χ0n) is 13.8.